The highest BCUT2D eigenvalue weighted by Crippen LogP contribution is 2.30. The van der Waals surface area contributed by atoms with Crippen LogP contribution in [0.15, 0.2) is 66.2 Å². The minimum atomic E-state index is -0.248. The van der Waals surface area contributed by atoms with Crippen LogP contribution in [0.5, 0.6) is 0 Å². The standard InChI is InChI=1S/C19H14N4O/c1-2-13-14-5-3-4-6-16(14)21-18(13)15-11-17(22-23-19(15)24)12-7-9-20-10-8-12/h2-11,21H,1H2,(H,23,24). The summed E-state index contributed by atoms with van der Waals surface area (Å²) in [4.78, 5) is 19.7. The molecular weight excluding hydrogens is 300 g/mol. The van der Waals surface area contributed by atoms with Gasteiger partial charge in [-0.05, 0) is 24.3 Å². The van der Waals surface area contributed by atoms with Gasteiger partial charge in [-0.15, -0.1) is 0 Å². The number of nitrogens with zero attached hydrogens (tertiary/aromatic N) is 2. The maximum Gasteiger partial charge on any atom is 0.273 e. The van der Waals surface area contributed by atoms with Gasteiger partial charge in [0.05, 0.1) is 17.0 Å². The van der Waals surface area contributed by atoms with Crippen LogP contribution in [-0.2, 0) is 0 Å². The number of hydrogen-bond acceptors (Lipinski definition) is 3. The van der Waals surface area contributed by atoms with Gasteiger partial charge in [-0.2, -0.15) is 5.10 Å². The SMILES string of the molecule is C=Cc1c(-c2cc(-c3ccncc3)n[nH]c2=O)[nH]c2ccccc12. The number of nitrogens with one attached hydrogen (secondary N) is 2. The molecule has 0 aliphatic rings. The number of pyridine rings is 1. The highest BCUT2D eigenvalue weighted by molar-refractivity contribution is 5.96. The summed E-state index contributed by atoms with van der Waals surface area (Å²) in [6, 6.07) is 13.4. The zero-order valence-corrected chi connectivity index (χ0v) is 12.8. The smallest absolute Gasteiger partial charge is 0.273 e. The van der Waals surface area contributed by atoms with E-state index in [9.17, 15) is 4.79 Å². The Morgan fingerprint density at radius 3 is 2.67 bits per heavy atom. The second kappa shape index (κ2) is 5.62. The molecule has 116 valence electrons. The monoisotopic (exact) mass is 314 g/mol. The third kappa shape index (κ3) is 2.23. The predicted octanol–water partition coefficient (Wildman–Crippen LogP) is 3.62. The minimum Gasteiger partial charge on any atom is -0.354 e. The molecule has 2 N–H and O–H groups in total. The molecule has 0 aliphatic heterocycles. The second-order valence-corrected chi connectivity index (χ2v) is 5.40. The normalized spacial score (nSPS) is 10.8. The minimum absolute atomic E-state index is 0.248. The van der Waals surface area contributed by atoms with E-state index in [0.29, 0.717) is 11.3 Å². The van der Waals surface area contributed by atoms with E-state index in [0.717, 1.165) is 27.7 Å². The van der Waals surface area contributed by atoms with Crippen molar-refractivity contribution in [2.75, 3.05) is 0 Å². The van der Waals surface area contributed by atoms with Crippen LogP contribution in [0.25, 0.3) is 39.5 Å². The van der Waals surface area contributed by atoms with E-state index in [1.807, 2.05) is 36.4 Å². The molecule has 0 amide bonds. The molecule has 0 saturated carbocycles. The number of hydrogen-bond donors (Lipinski definition) is 2. The van der Waals surface area contributed by atoms with E-state index in [-0.39, 0.29) is 5.56 Å². The van der Waals surface area contributed by atoms with Crippen LogP contribution >= 0.6 is 0 Å². The fourth-order valence-electron chi connectivity index (χ4n) is 2.85. The van der Waals surface area contributed by atoms with Crippen molar-refractivity contribution in [2.45, 2.75) is 0 Å². The Morgan fingerprint density at radius 2 is 1.88 bits per heavy atom. The summed E-state index contributed by atoms with van der Waals surface area (Å²) in [6.45, 7) is 3.89. The lowest BCUT2D eigenvalue weighted by atomic mass is 10.0. The maximum absolute atomic E-state index is 12.4. The Bertz CT molecular complexity index is 1090. The lowest BCUT2D eigenvalue weighted by molar-refractivity contribution is 0.996. The van der Waals surface area contributed by atoms with Gasteiger partial charge in [-0.1, -0.05) is 30.9 Å². The molecular formula is C19H14N4O. The number of aromatic nitrogens is 4. The molecule has 0 bridgehead atoms. The van der Waals surface area contributed by atoms with Crippen molar-refractivity contribution in [3.05, 3.63) is 77.4 Å². The molecule has 0 radical (unpaired) electrons. The second-order valence-electron chi connectivity index (χ2n) is 5.40. The van der Waals surface area contributed by atoms with Crippen molar-refractivity contribution < 1.29 is 0 Å². The number of para-hydroxylation sites is 1. The van der Waals surface area contributed by atoms with Gasteiger partial charge in [0, 0.05) is 34.4 Å². The van der Waals surface area contributed by atoms with Crippen LogP contribution in [0, 0.1) is 0 Å². The van der Waals surface area contributed by atoms with Crippen molar-refractivity contribution >= 4 is 17.0 Å². The third-order valence-corrected chi connectivity index (χ3v) is 4.00. The fourth-order valence-corrected chi connectivity index (χ4v) is 2.85. The van der Waals surface area contributed by atoms with Crippen LogP contribution in [0.4, 0.5) is 0 Å². The van der Waals surface area contributed by atoms with Gasteiger partial charge in [0.15, 0.2) is 0 Å². The topological polar surface area (TPSA) is 74.4 Å². The number of aromatic amines is 2. The van der Waals surface area contributed by atoms with Gasteiger partial charge in [0.2, 0.25) is 0 Å². The first-order valence-electron chi connectivity index (χ1n) is 7.51. The summed E-state index contributed by atoms with van der Waals surface area (Å²) < 4.78 is 0. The van der Waals surface area contributed by atoms with Gasteiger partial charge in [0.25, 0.3) is 5.56 Å². The molecule has 5 nitrogen and oxygen atoms in total. The van der Waals surface area contributed by atoms with E-state index in [4.69, 9.17) is 0 Å². The molecule has 3 aromatic heterocycles. The largest absolute Gasteiger partial charge is 0.354 e. The molecule has 0 spiro atoms. The average molecular weight is 314 g/mol. The van der Waals surface area contributed by atoms with E-state index in [1.165, 1.54) is 0 Å². The van der Waals surface area contributed by atoms with Crippen molar-refractivity contribution in [1.82, 2.24) is 20.2 Å². The first-order chi connectivity index (χ1) is 11.8. The van der Waals surface area contributed by atoms with Gasteiger partial charge < -0.3 is 4.98 Å². The zero-order valence-electron chi connectivity index (χ0n) is 12.8. The molecule has 0 fully saturated rings. The number of rotatable bonds is 3. The molecule has 0 unspecified atom stereocenters. The Hall–Kier alpha value is -3.47. The lowest BCUT2D eigenvalue weighted by Gasteiger charge is -2.04. The first kappa shape index (κ1) is 14.1. The molecule has 3 heterocycles. The van der Waals surface area contributed by atoms with Crippen molar-refractivity contribution in [3.8, 4) is 22.5 Å². The Kier molecular flexibility index (Phi) is 3.31. The highest BCUT2D eigenvalue weighted by atomic mass is 16.1. The van der Waals surface area contributed by atoms with Crippen LogP contribution in [0.1, 0.15) is 5.56 Å². The Labute approximate surface area is 137 Å². The Balaban J connectivity index is 1.97. The Morgan fingerprint density at radius 1 is 1.08 bits per heavy atom. The molecule has 0 atom stereocenters. The summed E-state index contributed by atoms with van der Waals surface area (Å²) in [7, 11) is 0. The van der Waals surface area contributed by atoms with Crippen molar-refractivity contribution in [2.24, 2.45) is 0 Å². The number of H-pyrrole nitrogens is 2. The third-order valence-electron chi connectivity index (χ3n) is 4.00. The molecule has 0 saturated heterocycles. The summed E-state index contributed by atoms with van der Waals surface area (Å²) in [5.74, 6) is 0. The molecule has 1 aromatic carbocycles. The van der Waals surface area contributed by atoms with Gasteiger partial charge in [-0.25, -0.2) is 5.10 Å². The highest BCUT2D eigenvalue weighted by Gasteiger charge is 2.15. The fraction of sp³-hybridized carbons (Fsp3) is 0. The van der Waals surface area contributed by atoms with E-state index < -0.39 is 0 Å². The van der Waals surface area contributed by atoms with Gasteiger partial charge in [-0.3, -0.25) is 9.78 Å². The van der Waals surface area contributed by atoms with E-state index >= 15 is 0 Å². The van der Waals surface area contributed by atoms with Gasteiger partial charge >= 0.3 is 0 Å². The van der Waals surface area contributed by atoms with Crippen LogP contribution in [0.2, 0.25) is 0 Å². The molecule has 0 aliphatic carbocycles. The molecule has 5 heteroatoms. The molecule has 4 aromatic rings. The predicted molar refractivity (Wildman–Crippen MR) is 95.5 cm³/mol. The quantitative estimate of drug-likeness (QED) is 0.606. The van der Waals surface area contributed by atoms with Gasteiger partial charge in [0.1, 0.15) is 0 Å². The van der Waals surface area contributed by atoms with Crippen LogP contribution in [-0.4, -0.2) is 20.2 Å². The number of fused-ring (bicyclic) bond motifs is 1. The summed E-state index contributed by atoms with van der Waals surface area (Å²) >= 11 is 0. The lowest BCUT2D eigenvalue weighted by Crippen LogP contribution is -2.12. The van der Waals surface area contributed by atoms with E-state index in [2.05, 4.69) is 26.7 Å². The van der Waals surface area contributed by atoms with Crippen LogP contribution in [0.3, 0.4) is 0 Å². The molecule has 24 heavy (non-hydrogen) atoms. The van der Waals surface area contributed by atoms with Crippen LogP contribution < -0.4 is 5.56 Å². The van der Waals surface area contributed by atoms with Crippen molar-refractivity contribution in [1.29, 1.82) is 0 Å². The van der Waals surface area contributed by atoms with Crippen molar-refractivity contribution in [3.63, 3.8) is 0 Å². The summed E-state index contributed by atoms with van der Waals surface area (Å²) in [5.41, 5.74) is 4.46. The number of benzene rings is 1. The zero-order chi connectivity index (χ0) is 16.5. The average Bonchev–Trinajstić information content (AvgIpc) is 3.01. The summed E-state index contributed by atoms with van der Waals surface area (Å²) in [5, 5.41) is 7.75. The van der Waals surface area contributed by atoms with E-state index in [1.54, 1.807) is 24.5 Å². The maximum atomic E-state index is 12.4. The summed E-state index contributed by atoms with van der Waals surface area (Å²) in [6.07, 6.45) is 5.15. The first-order valence-corrected chi connectivity index (χ1v) is 7.51. The molecule has 4 rings (SSSR count).